The first-order valence-electron chi connectivity index (χ1n) is 9.19. The first kappa shape index (κ1) is 18.7. The van der Waals surface area contributed by atoms with Crippen LogP contribution in [0.5, 0.6) is 0 Å². The number of hydrogen-bond donors (Lipinski definition) is 1. The van der Waals surface area contributed by atoms with Gasteiger partial charge in [-0.15, -0.1) is 0 Å². The summed E-state index contributed by atoms with van der Waals surface area (Å²) in [5, 5.41) is 9.27. The largest absolute Gasteiger partial charge is 0.416 e. The third-order valence-corrected chi connectivity index (χ3v) is 5.56. The summed E-state index contributed by atoms with van der Waals surface area (Å²) >= 11 is 0. The van der Waals surface area contributed by atoms with Crippen molar-refractivity contribution in [3.05, 3.63) is 35.4 Å². The van der Waals surface area contributed by atoms with Crippen molar-refractivity contribution in [3.63, 3.8) is 0 Å². The van der Waals surface area contributed by atoms with E-state index >= 15 is 0 Å². The second-order valence-electron chi connectivity index (χ2n) is 7.39. The zero-order chi connectivity index (χ0) is 17.9. The summed E-state index contributed by atoms with van der Waals surface area (Å²) in [6.45, 7) is 4.76. The smallest absolute Gasteiger partial charge is 0.396 e. The number of likely N-dealkylation sites (tertiary alicyclic amines) is 2. The summed E-state index contributed by atoms with van der Waals surface area (Å²) in [4.78, 5) is 4.78. The van der Waals surface area contributed by atoms with Crippen molar-refractivity contribution in [2.75, 3.05) is 32.8 Å². The monoisotopic (exact) mass is 356 g/mol. The molecule has 2 aliphatic rings. The van der Waals surface area contributed by atoms with Crippen LogP contribution in [0.25, 0.3) is 0 Å². The highest BCUT2D eigenvalue weighted by atomic mass is 19.4. The van der Waals surface area contributed by atoms with Crippen LogP contribution in [0.2, 0.25) is 0 Å². The standard InChI is InChI=1S/C19H27F3N2O/c20-19(21,22)17-4-1-3-16(11-17)12-23-8-2-5-18(13-23)24-9-6-15(14-25)7-10-24/h1,3-4,11,15,18,25H,2,5-10,12-14H2. The lowest BCUT2D eigenvalue weighted by Crippen LogP contribution is -2.50. The van der Waals surface area contributed by atoms with E-state index in [-0.39, 0.29) is 6.61 Å². The molecule has 2 heterocycles. The molecule has 2 saturated heterocycles. The van der Waals surface area contributed by atoms with Crippen LogP contribution >= 0.6 is 0 Å². The van der Waals surface area contributed by atoms with Crippen LogP contribution in [-0.2, 0) is 12.7 Å². The van der Waals surface area contributed by atoms with Gasteiger partial charge in [-0.25, -0.2) is 0 Å². The Labute approximate surface area is 147 Å². The summed E-state index contributed by atoms with van der Waals surface area (Å²) in [7, 11) is 0. The molecular weight excluding hydrogens is 329 g/mol. The molecule has 0 aliphatic carbocycles. The van der Waals surface area contributed by atoms with Crippen molar-refractivity contribution in [3.8, 4) is 0 Å². The van der Waals surface area contributed by atoms with Gasteiger partial charge in [-0.1, -0.05) is 18.2 Å². The number of nitrogens with zero attached hydrogens (tertiary/aromatic N) is 2. The molecule has 0 amide bonds. The molecule has 0 radical (unpaired) electrons. The summed E-state index contributed by atoms with van der Waals surface area (Å²) in [5.41, 5.74) is 0.166. The van der Waals surface area contributed by atoms with Crippen LogP contribution in [-0.4, -0.2) is 53.7 Å². The van der Waals surface area contributed by atoms with E-state index in [0.717, 1.165) is 63.5 Å². The molecule has 1 aromatic rings. The maximum absolute atomic E-state index is 12.9. The summed E-state index contributed by atoms with van der Waals surface area (Å²) < 4.78 is 38.6. The van der Waals surface area contributed by atoms with Gasteiger partial charge in [0.25, 0.3) is 0 Å². The third kappa shape index (κ3) is 4.96. The Kier molecular flexibility index (Phi) is 6.02. The van der Waals surface area contributed by atoms with E-state index in [1.165, 1.54) is 12.1 Å². The molecule has 25 heavy (non-hydrogen) atoms. The molecule has 3 nitrogen and oxygen atoms in total. The molecule has 1 aromatic carbocycles. The van der Waals surface area contributed by atoms with Crippen molar-refractivity contribution in [2.45, 2.75) is 44.4 Å². The van der Waals surface area contributed by atoms with Crippen molar-refractivity contribution in [1.82, 2.24) is 9.80 Å². The Hall–Kier alpha value is -1.11. The molecular formula is C19H27F3N2O. The molecule has 3 rings (SSSR count). The highest BCUT2D eigenvalue weighted by molar-refractivity contribution is 5.25. The Balaban J connectivity index is 1.57. The maximum Gasteiger partial charge on any atom is 0.416 e. The number of benzene rings is 1. The van der Waals surface area contributed by atoms with Gasteiger partial charge in [0, 0.05) is 25.7 Å². The Bertz CT molecular complexity index is 556. The minimum Gasteiger partial charge on any atom is -0.396 e. The fraction of sp³-hybridized carbons (Fsp3) is 0.684. The van der Waals surface area contributed by atoms with E-state index in [2.05, 4.69) is 9.80 Å². The van der Waals surface area contributed by atoms with Gasteiger partial charge in [-0.3, -0.25) is 9.80 Å². The molecule has 1 N–H and O–H groups in total. The van der Waals surface area contributed by atoms with Gasteiger partial charge >= 0.3 is 6.18 Å². The van der Waals surface area contributed by atoms with Gasteiger partial charge in [-0.2, -0.15) is 13.2 Å². The van der Waals surface area contributed by atoms with Gasteiger partial charge in [-0.05, 0) is 62.9 Å². The highest BCUT2D eigenvalue weighted by Gasteiger charge is 2.31. The predicted molar refractivity (Wildman–Crippen MR) is 91.1 cm³/mol. The van der Waals surface area contributed by atoms with E-state index < -0.39 is 11.7 Å². The lowest BCUT2D eigenvalue weighted by molar-refractivity contribution is -0.137. The summed E-state index contributed by atoms with van der Waals surface area (Å²) in [6.07, 6.45) is 0.0468. The minimum absolute atomic E-state index is 0.278. The van der Waals surface area contributed by atoms with Crippen molar-refractivity contribution in [1.29, 1.82) is 0 Å². The Morgan fingerprint density at radius 1 is 1.08 bits per heavy atom. The van der Waals surface area contributed by atoms with E-state index in [9.17, 15) is 18.3 Å². The average molecular weight is 356 g/mol. The lowest BCUT2D eigenvalue weighted by Gasteiger charge is -2.42. The zero-order valence-electron chi connectivity index (χ0n) is 14.5. The van der Waals surface area contributed by atoms with Crippen molar-refractivity contribution in [2.24, 2.45) is 5.92 Å². The first-order chi connectivity index (χ1) is 12.0. The fourth-order valence-electron chi connectivity index (χ4n) is 4.08. The van der Waals surface area contributed by atoms with Crippen molar-refractivity contribution >= 4 is 0 Å². The molecule has 1 atom stereocenters. The number of aliphatic hydroxyl groups is 1. The number of aliphatic hydroxyl groups excluding tert-OH is 1. The first-order valence-corrected chi connectivity index (χ1v) is 9.19. The van der Waals surface area contributed by atoms with E-state index in [1.807, 2.05) is 0 Å². The summed E-state index contributed by atoms with van der Waals surface area (Å²) in [5.74, 6) is 0.432. The number of hydrogen-bond acceptors (Lipinski definition) is 3. The minimum atomic E-state index is -4.28. The maximum atomic E-state index is 12.9. The average Bonchev–Trinajstić information content (AvgIpc) is 2.61. The highest BCUT2D eigenvalue weighted by Crippen LogP contribution is 2.30. The quantitative estimate of drug-likeness (QED) is 0.896. The second-order valence-corrected chi connectivity index (χ2v) is 7.39. The molecule has 2 aliphatic heterocycles. The van der Waals surface area contributed by atoms with Gasteiger partial charge in [0.05, 0.1) is 5.56 Å². The molecule has 0 bridgehead atoms. The molecule has 0 aromatic heterocycles. The number of halogens is 3. The van der Waals surface area contributed by atoms with Crippen LogP contribution in [0, 0.1) is 5.92 Å². The number of rotatable bonds is 4. The second kappa shape index (κ2) is 8.06. The number of alkyl halides is 3. The van der Waals surface area contributed by atoms with Gasteiger partial charge in [0.2, 0.25) is 0 Å². The summed E-state index contributed by atoms with van der Waals surface area (Å²) in [6, 6.07) is 6.17. The fourth-order valence-corrected chi connectivity index (χ4v) is 4.08. The molecule has 140 valence electrons. The van der Waals surface area contributed by atoms with Crippen LogP contribution in [0.1, 0.15) is 36.8 Å². The Morgan fingerprint density at radius 2 is 1.84 bits per heavy atom. The van der Waals surface area contributed by atoms with Crippen LogP contribution in [0.4, 0.5) is 13.2 Å². The van der Waals surface area contributed by atoms with E-state index in [1.54, 1.807) is 6.07 Å². The van der Waals surface area contributed by atoms with Crippen molar-refractivity contribution < 1.29 is 18.3 Å². The van der Waals surface area contributed by atoms with Gasteiger partial charge in [0.15, 0.2) is 0 Å². The SMILES string of the molecule is OCC1CCN(C2CCCN(Cc3cccc(C(F)(F)F)c3)C2)CC1. The lowest BCUT2D eigenvalue weighted by atomic mass is 9.94. The number of piperidine rings is 2. The van der Waals surface area contributed by atoms with E-state index in [0.29, 0.717) is 18.5 Å². The topological polar surface area (TPSA) is 26.7 Å². The zero-order valence-corrected chi connectivity index (χ0v) is 14.5. The molecule has 2 fully saturated rings. The molecule has 6 heteroatoms. The predicted octanol–water partition coefficient (Wildman–Crippen LogP) is 3.37. The van der Waals surface area contributed by atoms with Crippen LogP contribution in [0.3, 0.4) is 0 Å². The van der Waals surface area contributed by atoms with Gasteiger partial charge in [0.1, 0.15) is 0 Å². The van der Waals surface area contributed by atoms with Crippen LogP contribution < -0.4 is 0 Å². The Morgan fingerprint density at radius 3 is 2.52 bits per heavy atom. The molecule has 0 saturated carbocycles. The molecule has 1 unspecified atom stereocenters. The molecule has 0 spiro atoms. The third-order valence-electron chi connectivity index (χ3n) is 5.56. The van der Waals surface area contributed by atoms with Gasteiger partial charge < -0.3 is 5.11 Å². The van der Waals surface area contributed by atoms with E-state index in [4.69, 9.17) is 0 Å². The van der Waals surface area contributed by atoms with Crippen LogP contribution in [0.15, 0.2) is 24.3 Å². The normalized spacial score (nSPS) is 24.6.